The zero-order valence-corrected chi connectivity index (χ0v) is 20.2. The fourth-order valence-corrected chi connectivity index (χ4v) is 4.28. The van der Waals surface area contributed by atoms with Crippen LogP contribution in [0.1, 0.15) is 50.4 Å². The van der Waals surface area contributed by atoms with Crippen LogP contribution in [0, 0.1) is 0 Å². The number of anilines is 1. The van der Waals surface area contributed by atoms with E-state index < -0.39 is 5.60 Å². The third kappa shape index (κ3) is 6.40. The standard InChI is InChI=1S/C26H34N4O4/c1-26(2,3)34-25(32)29-15-11-23(12-16-29)33-22-8-6-19(7-9-22)24(31)28-20-10-14-30(18-20)21-5-4-13-27-17-21/h4-9,13,17,20,23H,10-12,14-16,18H2,1-3H3,(H,28,31). The summed E-state index contributed by atoms with van der Waals surface area (Å²) in [5.41, 5.74) is 1.21. The number of benzene rings is 1. The van der Waals surface area contributed by atoms with Gasteiger partial charge < -0.3 is 24.6 Å². The van der Waals surface area contributed by atoms with Gasteiger partial charge >= 0.3 is 6.09 Å². The molecule has 1 N–H and O–H groups in total. The summed E-state index contributed by atoms with van der Waals surface area (Å²) < 4.78 is 11.5. The minimum Gasteiger partial charge on any atom is -0.490 e. The zero-order chi connectivity index (χ0) is 24.1. The van der Waals surface area contributed by atoms with Gasteiger partial charge in [0.2, 0.25) is 0 Å². The van der Waals surface area contributed by atoms with Gasteiger partial charge in [-0.2, -0.15) is 0 Å². The van der Waals surface area contributed by atoms with Crippen molar-refractivity contribution in [2.45, 2.75) is 57.8 Å². The van der Waals surface area contributed by atoms with Gasteiger partial charge in [0.1, 0.15) is 17.5 Å². The summed E-state index contributed by atoms with van der Waals surface area (Å²) in [5.74, 6) is 0.658. The van der Waals surface area contributed by atoms with Crippen molar-refractivity contribution in [3.05, 3.63) is 54.4 Å². The molecule has 1 unspecified atom stereocenters. The summed E-state index contributed by atoms with van der Waals surface area (Å²) in [4.78, 5) is 33.1. The van der Waals surface area contributed by atoms with Crippen LogP contribution in [0.25, 0.3) is 0 Å². The second kappa shape index (κ2) is 10.3. The smallest absolute Gasteiger partial charge is 0.410 e. The number of pyridine rings is 1. The maximum atomic E-state index is 12.7. The quantitative estimate of drug-likeness (QED) is 0.720. The number of amides is 2. The minimum absolute atomic E-state index is 0.0373. The third-order valence-corrected chi connectivity index (χ3v) is 6.05. The van der Waals surface area contributed by atoms with Crippen LogP contribution in [0.3, 0.4) is 0 Å². The van der Waals surface area contributed by atoms with Crippen LogP contribution >= 0.6 is 0 Å². The van der Waals surface area contributed by atoms with Gasteiger partial charge in [-0.15, -0.1) is 0 Å². The van der Waals surface area contributed by atoms with E-state index in [1.807, 2.05) is 51.2 Å². The van der Waals surface area contributed by atoms with Crippen molar-refractivity contribution in [1.29, 1.82) is 0 Å². The van der Waals surface area contributed by atoms with Crippen molar-refractivity contribution < 1.29 is 19.1 Å². The number of hydrogen-bond donors (Lipinski definition) is 1. The molecule has 0 spiro atoms. The fourth-order valence-electron chi connectivity index (χ4n) is 4.28. The van der Waals surface area contributed by atoms with E-state index in [2.05, 4.69) is 15.2 Å². The molecule has 2 amide bonds. The molecule has 4 rings (SSSR count). The molecule has 1 aromatic carbocycles. The van der Waals surface area contributed by atoms with Crippen LogP contribution in [0.2, 0.25) is 0 Å². The van der Waals surface area contributed by atoms with E-state index in [0.717, 1.165) is 43.8 Å². The van der Waals surface area contributed by atoms with E-state index in [1.165, 1.54) is 0 Å². The molecule has 2 aliphatic heterocycles. The number of likely N-dealkylation sites (tertiary alicyclic amines) is 1. The summed E-state index contributed by atoms with van der Waals surface area (Å²) in [5, 5.41) is 3.14. The number of nitrogens with zero attached hydrogens (tertiary/aromatic N) is 3. The van der Waals surface area contributed by atoms with Crippen LogP contribution in [0.15, 0.2) is 48.8 Å². The van der Waals surface area contributed by atoms with Crippen molar-refractivity contribution in [3.63, 3.8) is 0 Å². The average Bonchev–Trinajstić information content (AvgIpc) is 3.28. The maximum Gasteiger partial charge on any atom is 0.410 e. The molecular formula is C26H34N4O4. The molecule has 182 valence electrons. The topological polar surface area (TPSA) is 84.0 Å². The Morgan fingerprint density at radius 3 is 2.41 bits per heavy atom. The lowest BCUT2D eigenvalue weighted by Gasteiger charge is -2.33. The molecule has 2 aromatic rings. The van der Waals surface area contributed by atoms with E-state index in [-0.39, 0.29) is 24.1 Å². The molecule has 2 fully saturated rings. The average molecular weight is 467 g/mol. The molecule has 0 radical (unpaired) electrons. The van der Waals surface area contributed by atoms with Crippen molar-refractivity contribution in [2.75, 3.05) is 31.1 Å². The van der Waals surface area contributed by atoms with Gasteiger partial charge in [0, 0.05) is 56.8 Å². The van der Waals surface area contributed by atoms with Crippen LogP contribution in [-0.4, -0.2) is 65.8 Å². The Kier molecular flexibility index (Phi) is 7.24. The number of carbonyl (C=O) groups excluding carboxylic acids is 2. The molecule has 0 saturated carbocycles. The van der Waals surface area contributed by atoms with Gasteiger partial charge in [-0.25, -0.2) is 4.79 Å². The lowest BCUT2D eigenvalue weighted by atomic mass is 10.1. The maximum absolute atomic E-state index is 12.7. The Hall–Kier alpha value is -3.29. The highest BCUT2D eigenvalue weighted by Gasteiger charge is 2.28. The van der Waals surface area contributed by atoms with Crippen LogP contribution in [0.5, 0.6) is 5.75 Å². The molecule has 0 bridgehead atoms. The Balaban J connectivity index is 1.22. The van der Waals surface area contributed by atoms with Gasteiger partial charge in [-0.1, -0.05) is 0 Å². The zero-order valence-electron chi connectivity index (χ0n) is 20.2. The van der Waals surface area contributed by atoms with E-state index in [1.54, 1.807) is 23.2 Å². The van der Waals surface area contributed by atoms with Crippen molar-refractivity contribution >= 4 is 17.7 Å². The van der Waals surface area contributed by atoms with Crippen LogP contribution < -0.4 is 15.0 Å². The number of piperidine rings is 1. The third-order valence-electron chi connectivity index (χ3n) is 6.05. The molecule has 8 nitrogen and oxygen atoms in total. The fraction of sp³-hybridized carbons (Fsp3) is 0.500. The normalized spacial score (nSPS) is 19.1. The number of ether oxygens (including phenoxy) is 2. The SMILES string of the molecule is CC(C)(C)OC(=O)N1CCC(Oc2ccc(C(=O)NC3CCN(c4cccnc4)C3)cc2)CC1. The van der Waals surface area contributed by atoms with E-state index >= 15 is 0 Å². The Morgan fingerprint density at radius 1 is 1.03 bits per heavy atom. The molecule has 1 aromatic heterocycles. The number of carbonyl (C=O) groups is 2. The predicted molar refractivity (Wildman–Crippen MR) is 130 cm³/mol. The number of hydrogen-bond acceptors (Lipinski definition) is 6. The first-order valence-corrected chi connectivity index (χ1v) is 12.0. The molecule has 8 heteroatoms. The Labute approximate surface area is 201 Å². The first kappa shape index (κ1) is 23.9. The van der Waals surface area contributed by atoms with E-state index in [9.17, 15) is 9.59 Å². The lowest BCUT2D eigenvalue weighted by Crippen LogP contribution is -2.44. The Morgan fingerprint density at radius 2 is 1.76 bits per heavy atom. The highest BCUT2D eigenvalue weighted by atomic mass is 16.6. The Bertz CT molecular complexity index is 967. The second-order valence-corrected chi connectivity index (χ2v) is 9.93. The van der Waals surface area contributed by atoms with Gasteiger partial charge in [-0.3, -0.25) is 9.78 Å². The molecule has 1 atom stereocenters. The number of aromatic nitrogens is 1. The summed E-state index contributed by atoms with van der Waals surface area (Å²) in [7, 11) is 0. The lowest BCUT2D eigenvalue weighted by molar-refractivity contribution is 0.0126. The summed E-state index contributed by atoms with van der Waals surface area (Å²) in [6, 6.07) is 11.4. The predicted octanol–water partition coefficient (Wildman–Crippen LogP) is 3.87. The van der Waals surface area contributed by atoms with E-state index in [0.29, 0.717) is 18.7 Å². The molecular weight excluding hydrogens is 432 g/mol. The first-order valence-electron chi connectivity index (χ1n) is 12.0. The van der Waals surface area contributed by atoms with Gasteiger partial charge in [-0.05, 0) is 63.6 Å². The summed E-state index contributed by atoms with van der Waals surface area (Å²) >= 11 is 0. The van der Waals surface area contributed by atoms with Crippen LogP contribution in [0.4, 0.5) is 10.5 Å². The molecule has 2 aliphatic rings. The summed E-state index contributed by atoms with van der Waals surface area (Å²) in [6.45, 7) is 8.51. The van der Waals surface area contributed by atoms with Gasteiger partial charge in [0.25, 0.3) is 5.91 Å². The molecule has 34 heavy (non-hydrogen) atoms. The van der Waals surface area contributed by atoms with Crippen molar-refractivity contribution in [2.24, 2.45) is 0 Å². The molecule has 2 saturated heterocycles. The van der Waals surface area contributed by atoms with E-state index in [4.69, 9.17) is 9.47 Å². The first-order chi connectivity index (χ1) is 16.3. The molecule has 0 aliphatic carbocycles. The highest BCUT2D eigenvalue weighted by Crippen LogP contribution is 2.22. The van der Waals surface area contributed by atoms with Crippen molar-refractivity contribution in [3.8, 4) is 5.75 Å². The number of rotatable bonds is 5. The van der Waals surface area contributed by atoms with Gasteiger partial charge in [0.15, 0.2) is 0 Å². The molecule has 3 heterocycles. The second-order valence-electron chi connectivity index (χ2n) is 9.93. The highest BCUT2D eigenvalue weighted by molar-refractivity contribution is 5.94. The minimum atomic E-state index is -0.491. The largest absolute Gasteiger partial charge is 0.490 e. The van der Waals surface area contributed by atoms with Crippen molar-refractivity contribution in [1.82, 2.24) is 15.2 Å². The van der Waals surface area contributed by atoms with Gasteiger partial charge in [0.05, 0.1) is 11.9 Å². The van der Waals surface area contributed by atoms with Crippen LogP contribution in [-0.2, 0) is 4.74 Å². The monoisotopic (exact) mass is 466 g/mol. The number of nitrogens with one attached hydrogen (secondary N) is 1. The summed E-state index contributed by atoms with van der Waals surface area (Å²) in [6.07, 6.45) is 5.78.